The minimum absolute atomic E-state index is 0.0876. The maximum atomic E-state index is 12.8. The van der Waals surface area contributed by atoms with Crippen LogP contribution in [0.25, 0.3) is 0 Å². The van der Waals surface area contributed by atoms with Crippen molar-refractivity contribution in [3.05, 3.63) is 24.3 Å². The van der Waals surface area contributed by atoms with Gasteiger partial charge in [-0.3, -0.25) is 18.6 Å². The van der Waals surface area contributed by atoms with E-state index in [2.05, 4.69) is 38.2 Å². The van der Waals surface area contributed by atoms with Crippen molar-refractivity contribution in [1.82, 2.24) is 0 Å². The van der Waals surface area contributed by atoms with E-state index >= 15 is 0 Å². The van der Waals surface area contributed by atoms with Crippen molar-refractivity contribution >= 4 is 19.8 Å². The second-order valence-corrected chi connectivity index (χ2v) is 17.7. The van der Waals surface area contributed by atoms with Crippen molar-refractivity contribution in [2.75, 3.05) is 13.2 Å². The summed E-state index contributed by atoms with van der Waals surface area (Å²) in [5.74, 6) is -1.11. The average molecular weight is 863 g/mol. The summed E-state index contributed by atoms with van der Waals surface area (Å²) in [6, 6.07) is 0. The van der Waals surface area contributed by atoms with Gasteiger partial charge in [0, 0.05) is 12.8 Å². The van der Waals surface area contributed by atoms with Crippen LogP contribution in [0, 0.1) is 0 Å². The third kappa shape index (κ3) is 28.5. The first-order chi connectivity index (χ1) is 28.4. The van der Waals surface area contributed by atoms with Crippen molar-refractivity contribution in [3.63, 3.8) is 0 Å². The number of allylic oxidation sites excluding steroid dienone is 4. The highest BCUT2D eigenvalue weighted by Crippen LogP contribution is 2.47. The Morgan fingerprint density at radius 1 is 0.508 bits per heavy atom. The van der Waals surface area contributed by atoms with Gasteiger partial charge in [0.15, 0.2) is 6.10 Å². The van der Waals surface area contributed by atoms with Gasteiger partial charge in [0.25, 0.3) is 0 Å². The predicted molar refractivity (Wildman–Crippen MR) is 230 cm³/mol. The molecule has 8 atom stereocenters. The maximum absolute atomic E-state index is 12.8. The highest BCUT2D eigenvalue weighted by molar-refractivity contribution is 7.47. The molecule has 0 aromatic heterocycles. The zero-order chi connectivity index (χ0) is 43.6. The summed E-state index contributed by atoms with van der Waals surface area (Å²) >= 11 is 0. The summed E-state index contributed by atoms with van der Waals surface area (Å²) in [6.45, 7) is 3.27. The molecule has 0 aromatic carbocycles. The third-order valence-electron chi connectivity index (χ3n) is 10.8. The Bertz CT molecular complexity index is 1130. The summed E-state index contributed by atoms with van der Waals surface area (Å²) in [5, 5.41) is 50.1. The van der Waals surface area contributed by atoms with E-state index < -0.39 is 75.7 Å². The summed E-state index contributed by atoms with van der Waals surface area (Å²) < 4.78 is 33.5. The molecule has 346 valence electrons. The van der Waals surface area contributed by atoms with E-state index in [1.807, 2.05) is 0 Å². The molecule has 0 amide bonds. The van der Waals surface area contributed by atoms with E-state index in [9.17, 15) is 44.6 Å². The Labute approximate surface area is 356 Å². The first-order valence-corrected chi connectivity index (χ1v) is 24.6. The van der Waals surface area contributed by atoms with Crippen molar-refractivity contribution in [2.24, 2.45) is 0 Å². The van der Waals surface area contributed by atoms with Gasteiger partial charge < -0.3 is 39.9 Å². The molecule has 0 bridgehead atoms. The minimum atomic E-state index is -5.12. The van der Waals surface area contributed by atoms with Gasteiger partial charge in [-0.1, -0.05) is 141 Å². The number of carbonyl (C=O) groups is 2. The molecule has 0 radical (unpaired) electrons. The van der Waals surface area contributed by atoms with Crippen LogP contribution in [0.15, 0.2) is 24.3 Å². The fourth-order valence-electron chi connectivity index (χ4n) is 6.98. The molecule has 13 nitrogen and oxygen atoms in total. The molecule has 0 aliphatic heterocycles. The lowest BCUT2D eigenvalue weighted by Crippen LogP contribution is -2.64. The minimum Gasteiger partial charge on any atom is -0.462 e. The van der Waals surface area contributed by atoms with Gasteiger partial charge in [-0.05, 0) is 64.2 Å². The zero-order valence-corrected chi connectivity index (χ0v) is 37.4. The Hall–Kier alpha value is -1.67. The fraction of sp³-hybridized carbons (Fsp3) is 0.867. The number of phosphoric ester groups is 1. The molecule has 0 saturated heterocycles. The highest BCUT2D eigenvalue weighted by atomic mass is 31.2. The van der Waals surface area contributed by atoms with Gasteiger partial charge in [-0.2, -0.15) is 0 Å². The first kappa shape index (κ1) is 55.3. The molecule has 0 spiro atoms. The van der Waals surface area contributed by atoms with Crippen LogP contribution >= 0.6 is 7.82 Å². The van der Waals surface area contributed by atoms with Gasteiger partial charge in [0.2, 0.25) is 0 Å². The molecule has 6 unspecified atom stereocenters. The van der Waals surface area contributed by atoms with Crippen LogP contribution in [0.4, 0.5) is 0 Å². The highest BCUT2D eigenvalue weighted by Gasteiger charge is 2.51. The number of ether oxygens (including phenoxy) is 2. The third-order valence-corrected chi connectivity index (χ3v) is 11.8. The summed E-state index contributed by atoms with van der Waals surface area (Å²) in [4.78, 5) is 35.7. The first-order valence-electron chi connectivity index (χ1n) is 23.1. The van der Waals surface area contributed by atoms with E-state index in [-0.39, 0.29) is 12.8 Å². The molecule has 6 N–H and O–H groups in total. The largest absolute Gasteiger partial charge is 0.472 e. The van der Waals surface area contributed by atoms with Crippen LogP contribution in [0.3, 0.4) is 0 Å². The van der Waals surface area contributed by atoms with E-state index in [0.717, 1.165) is 70.6 Å². The molecular formula is C45H83O13P. The monoisotopic (exact) mass is 863 g/mol. The van der Waals surface area contributed by atoms with Crippen LogP contribution in [0.5, 0.6) is 0 Å². The number of phosphoric acid groups is 1. The van der Waals surface area contributed by atoms with E-state index in [1.54, 1.807) is 0 Å². The normalized spacial score (nSPS) is 22.5. The van der Waals surface area contributed by atoms with Crippen LogP contribution in [-0.4, -0.2) is 98.3 Å². The second kappa shape index (κ2) is 35.9. The zero-order valence-electron chi connectivity index (χ0n) is 36.6. The van der Waals surface area contributed by atoms with Gasteiger partial charge >= 0.3 is 19.8 Å². The van der Waals surface area contributed by atoms with E-state index in [1.165, 1.54) is 83.5 Å². The summed E-state index contributed by atoms with van der Waals surface area (Å²) in [6.07, 6.45) is 25.1. The number of unbranched alkanes of at least 4 members (excludes halogenated alkanes) is 22. The average Bonchev–Trinajstić information content (AvgIpc) is 3.21. The Morgan fingerprint density at radius 3 is 1.31 bits per heavy atom. The van der Waals surface area contributed by atoms with Crippen LogP contribution in [0.1, 0.15) is 194 Å². The lowest BCUT2D eigenvalue weighted by molar-refractivity contribution is -0.220. The number of hydrogen-bond donors (Lipinski definition) is 6. The molecule has 0 aromatic rings. The Kier molecular flexibility index (Phi) is 33.7. The van der Waals surface area contributed by atoms with Gasteiger partial charge in [0.1, 0.15) is 43.2 Å². The quantitative estimate of drug-likeness (QED) is 0.0149. The lowest BCUT2D eigenvalue weighted by atomic mass is 9.85. The van der Waals surface area contributed by atoms with Crippen molar-refractivity contribution in [3.8, 4) is 0 Å². The molecule has 1 aliphatic carbocycles. The van der Waals surface area contributed by atoms with Crippen molar-refractivity contribution in [1.29, 1.82) is 0 Å². The Balaban J connectivity index is 2.47. The molecule has 1 aliphatic rings. The molecule has 59 heavy (non-hydrogen) atoms. The topological polar surface area (TPSA) is 210 Å². The fourth-order valence-corrected chi connectivity index (χ4v) is 7.95. The van der Waals surface area contributed by atoms with Crippen LogP contribution < -0.4 is 0 Å². The Morgan fingerprint density at radius 2 is 0.864 bits per heavy atom. The smallest absolute Gasteiger partial charge is 0.462 e. The summed E-state index contributed by atoms with van der Waals surface area (Å²) in [5.41, 5.74) is 0. The molecule has 1 rings (SSSR count). The number of aliphatic hydroxyl groups is 5. The number of rotatable bonds is 38. The van der Waals surface area contributed by atoms with Gasteiger partial charge in [0.05, 0.1) is 6.61 Å². The van der Waals surface area contributed by atoms with E-state index in [4.69, 9.17) is 18.5 Å². The number of carbonyl (C=O) groups excluding carboxylic acids is 2. The molecular weight excluding hydrogens is 779 g/mol. The standard InChI is InChI=1S/C45H83O13P/c1-3-5-7-9-11-13-15-17-19-21-23-25-27-29-31-33-38(46)55-35-37(36-56-59(53,54)58-45-43(51)41(49)40(48)42(50)44(45)52)57-39(47)34-32-30-28-26-24-22-20-18-16-14-12-10-8-6-4-2/h13,15,18,20,37,40-45,48-52H,3-12,14,16-17,19,21-36H2,1-2H3,(H,53,54)/b15-13+,20-18+/t37-,40?,41-,42?,43?,44?,45?/m1/s1. The number of hydrogen-bond acceptors (Lipinski definition) is 12. The second-order valence-electron chi connectivity index (χ2n) is 16.3. The van der Waals surface area contributed by atoms with Crippen LogP contribution in [0.2, 0.25) is 0 Å². The van der Waals surface area contributed by atoms with Gasteiger partial charge in [-0.25, -0.2) is 4.57 Å². The molecule has 1 saturated carbocycles. The SMILES string of the molecule is CCCCCC/C=C/CCCCCCCCCC(=O)OC[C@H](COP(=O)(O)OC1C(O)C(O)C(O)[C@@H](O)C1O)OC(=O)CCCCCCC/C=C/CCCCCCCC. The van der Waals surface area contributed by atoms with Crippen molar-refractivity contribution < 1.29 is 63.1 Å². The van der Waals surface area contributed by atoms with E-state index in [0.29, 0.717) is 12.8 Å². The van der Waals surface area contributed by atoms with Crippen LogP contribution in [-0.2, 0) is 32.7 Å². The summed E-state index contributed by atoms with van der Waals surface area (Å²) in [7, 11) is -5.12. The van der Waals surface area contributed by atoms with Crippen molar-refractivity contribution in [2.45, 2.75) is 236 Å². The predicted octanol–water partition coefficient (Wildman–Crippen LogP) is 8.84. The number of esters is 2. The molecule has 0 heterocycles. The molecule has 1 fully saturated rings. The maximum Gasteiger partial charge on any atom is 0.472 e. The number of aliphatic hydroxyl groups excluding tert-OH is 5. The molecule has 14 heteroatoms. The lowest BCUT2D eigenvalue weighted by Gasteiger charge is -2.41. The van der Waals surface area contributed by atoms with Gasteiger partial charge in [-0.15, -0.1) is 0 Å².